The third-order valence-corrected chi connectivity index (χ3v) is 16.8. The molecule has 6 aliphatic rings. The molecule has 4 fully saturated rings. The summed E-state index contributed by atoms with van der Waals surface area (Å²) < 4.78 is 35.3. The number of hydrogen-bond acceptors (Lipinski definition) is 12. The molecule has 3 saturated heterocycles. The van der Waals surface area contributed by atoms with Gasteiger partial charge < -0.3 is 35.9 Å². The van der Waals surface area contributed by atoms with Crippen molar-refractivity contribution in [1.82, 2.24) is 46.2 Å². The van der Waals surface area contributed by atoms with Crippen LogP contribution in [0.2, 0.25) is 0 Å². The van der Waals surface area contributed by atoms with Gasteiger partial charge in [-0.25, -0.2) is 13.6 Å². The second kappa shape index (κ2) is 25.9. The lowest BCUT2D eigenvalue weighted by atomic mass is 9.86. The first-order valence-electron chi connectivity index (χ1n) is 25.7. The molecule has 5 amide bonds. The fourth-order valence-corrected chi connectivity index (χ4v) is 12.4. The van der Waals surface area contributed by atoms with Crippen molar-refractivity contribution in [3.05, 3.63) is 71.5 Å². The van der Waals surface area contributed by atoms with Crippen molar-refractivity contribution in [3.8, 4) is 0 Å². The van der Waals surface area contributed by atoms with Crippen molar-refractivity contribution in [2.75, 3.05) is 12.3 Å². The number of alkyl halides is 2. The summed E-state index contributed by atoms with van der Waals surface area (Å²) in [5.74, 6) is -3.53. The van der Waals surface area contributed by atoms with Crippen molar-refractivity contribution < 1.29 is 42.3 Å². The van der Waals surface area contributed by atoms with Crippen LogP contribution in [0.15, 0.2) is 54.3 Å². The fourth-order valence-electron chi connectivity index (χ4n) is 10.3. The van der Waals surface area contributed by atoms with Gasteiger partial charge in [-0.3, -0.25) is 28.9 Å². The number of nitrogens with one attached hydrogen (secondary N) is 5. The Morgan fingerprint density at radius 3 is 2.18 bits per heavy atom. The Balaban J connectivity index is 0.000000236. The number of piperidine rings is 1. The molecule has 16 nitrogen and oxygen atoms in total. The van der Waals surface area contributed by atoms with Gasteiger partial charge in [-0.05, 0) is 88.7 Å². The number of aromatic nitrogens is 3. The summed E-state index contributed by atoms with van der Waals surface area (Å²) in [6.45, 7) is 16.0. The molecule has 0 spiro atoms. The van der Waals surface area contributed by atoms with Gasteiger partial charge in [0.2, 0.25) is 23.6 Å². The maximum absolute atomic E-state index is 13.6. The number of rotatable bonds is 10. The van der Waals surface area contributed by atoms with Gasteiger partial charge in [0.05, 0.1) is 12.5 Å². The summed E-state index contributed by atoms with van der Waals surface area (Å²) in [5, 5.41) is 21.6. The molecule has 5 N–H and O–H groups in total. The number of halogens is 2. The van der Waals surface area contributed by atoms with Crippen LogP contribution in [0, 0.1) is 24.7 Å². The Kier molecular flexibility index (Phi) is 20.3. The van der Waals surface area contributed by atoms with Gasteiger partial charge in [0.1, 0.15) is 35.5 Å². The van der Waals surface area contributed by atoms with Gasteiger partial charge in [0.15, 0.2) is 5.37 Å². The molecule has 1 aromatic carbocycles. The van der Waals surface area contributed by atoms with Crippen molar-refractivity contribution in [1.29, 1.82) is 0 Å². The number of amides is 5. The normalized spacial score (nSPS) is 28.3. The summed E-state index contributed by atoms with van der Waals surface area (Å²) in [6, 6.07) is 9.57. The molecule has 1 saturated carbocycles. The Labute approximate surface area is 431 Å². The molecule has 8 rings (SSSR count). The topological polar surface area (TPSA) is 206 Å². The molecular weight excluding hydrogens is 965 g/mol. The molecule has 1 aromatic heterocycles. The van der Waals surface area contributed by atoms with Crippen molar-refractivity contribution in [3.63, 3.8) is 0 Å². The van der Waals surface area contributed by atoms with Crippen LogP contribution in [0.4, 0.5) is 8.78 Å². The van der Waals surface area contributed by atoms with Crippen LogP contribution >= 0.6 is 21.6 Å². The van der Waals surface area contributed by atoms with E-state index in [1.165, 1.54) is 29.7 Å². The number of allylic oxidation sites excluding steroid dienone is 2. The number of nitrogens with zero attached hydrogens (tertiary/aromatic N) is 4. The number of benzene rings is 1. The third-order valence-electron chi connectivity index (χ3n) is 14.2. The van der Waals surface area contributed by atoms with Crippen LogP contribution in [-0.2, 0) is 33.5 Å². The number of aryl methyl sites for hydroxylation is 1. The number of carbonyl (C=O) groups excluding carboxylic acids is 6. The van der Waals surface area contributed by atoms with Gasteiger partial charge >= 0.3 is 5.97 Å². The summed E-state index contributed by atoms with van der Waals surface area (Å²) in [5.41, 5.74) is 1.03. The maximum atomic E-state index is 13.6. The molecule has 396 valence electrons. The highest BCUT2D eigenvalue weighted by Crippen LogP contribution is 2.43. The van der Waals surface area contributed by atoms with E-state index in [1.807, 2.05) is 24.3 Å². The molecule has 1 unspecified atom stereocenters. The highest BCUT2D eigenvalue weighted by atomic mass is 33.1. The minimum atomic E-state index is -2.62. The third kappa shape index (κ3) is 15.1. The number of hydrogen-bond donors (Lipinski definition) is 5. The van der Waals surface area contributed by atoms with Crippen LogP contribution in [0.5, 0.6) is 0 Å². The lowest BCUT2D eigenvalue weighted by molar-refractivity contribution is -0.153. The van der Waals surface area contributed by atoms with Crippen LogP contribution in [0.25, 0.3) is 0 Å². The van der Waals surface area contributed by atoms with Crippen LogP contribution in [0.3, 0.4) is 0 Å². The smallest absolute Gasteiger partial charge is 0.329 e. The van der Waals surface area contributed by atoms with Crippen LogP contribution in [-0.4, -0.2) is 109 Å². The van der Waals surface area contributed by atoms with Crippen LogP contribution < -0.4 is 26.6 Å². The lowest BCUT2D eigenvalue weighted by Gasteiger charge is -2.40. The molecule has 2 aromatic rings. The first kappa shape index (κ1) is 56.5. The number of esters is 1. The highest BCUT2D eigenvalue weighted by Gasteiger charge is 2.43. The van der Waals surface area contributed by atoms with E-state index in [-0.39, 0.29) is 67.5 Å². The minimum Gasteiger partial charge on any atom is -0.456 e. The maximum Gasteiger partial charge on any atom is 0.329 e. The van der Waals surface area contributed by atoms with Crippen LogP contribution in [0.1, 0.15) is 154 Å². The van der Waals surface area contributed by atoms with E-state index < -0.39 is 59.1 Å². The summed E-state index contributed by atoms with van der Waals surface area (Å²) in [6.07, 6.45) is 9.98. The summed E-state index contributed by atoms with van der Waals surface area (Å²) in [4.78, 5) is 80.6. The molecule has 5 aliphatic heterocycles. The number of ether oxygens (including phenoxy) is 1. The lowest BCUT2D eigenvalue weighted by Crippen LogP contribution is -2.55. The largest absolute Gasteiger partial charge is 0.456 e. The molecular formula is C52H75F2N9O7S2. The van der Waals surface area contributed by atoms with E-state index in [0.717, 1.165) is 53.8 Å². The molecule has 4 bridgehead atoms. The Hall–Kier alpha value is -4.82. The summed E-state index contributed by atoms with van der Waals surface area (Å²) >= 11 is 0. The number of carbonyl (C=O) groups is 6. The summed E-state index contributed by atoms with van der Waals surface area (Å²) in [7, 11) is 2.53. The monoisotopic (exact) mass is 1040 g/mol. The van der Waals surface area contributed by atoms with E-state index in [2.05, 4.69) is 79.2 Å². The molecule has 8 atom stereocenters. The predicted octanol–water partition coefficient (Wildman–Crippen LogP) is 7.34. The standard InChI is InChI=1S/C29H41F2N5O.C23H34N4O6S2/c1-19(2)27-34-33-20(3)36(27)25-17-23-9-10-24(18-25)35(23)16-13-26(21-7-5-4-6-8-21)32-28(37)22-11-14-29(30,31)15-12-22;1-6-15-19(29)26-18(13(4)5)23(32)33-14-9-7-8-10-34-35-22(21(31)24-15)27-20(30)17(12(2)3)25-16(28)11-14/h4-8,19,22-26H,9-18H2,1-3H3,(H,32,37);6-7,9,12-14,17-18,22H,8,10-11H2,1-5H3,(H,24,31)(H,25,28)(H,26,29)(H,27,30)/b;9-7-,15-6+/t23-,24+,25?,26-;14-,17-,18+,22-/m01/s1. The molecule has 6 heterocycles. The zero-order chi connectivity index (χ0) is 52.3. The van der Waals surface area contributed by atoms with Gasteiger partial charge in [0.25, 0.3) is 11.8 Å². The second-order valence-corrected chi connectivity index (χ2v) is 23.2. The van der Waals surface area contributed by atoms with E-state index in [4.69, 9.17) is 4.74 Å². The van der Waals surface area contributed by atoms with Crippen molar-refractivity contribution in [2.45, 2.75) is 186 Å². The van der Waals surface area contributed by atoms with Gasteiger partial charge in [-0.2, -0.15) is 0 Å². The SMILES string of the molecule is C/C=C1/NC(=O)[C@@H]2NC(=O)[C@@H](C(C)C)NC(=O)C[C@@H](/C=C\CCSS2)OC(=O)[C@H](C(C)C)NC1=O.Cc1nnc(C(C)C)n1C1C[C@H]2CC[C@@H](C1)N2CC[C@H](NC(=O)C1CCC(F)(F)CC1)c1ccccc1. The van der Waals surface area contributed by atoms with E-state index in [0.29, 0.717) is 36.2 Å². The Bertz CT molecular complexity index is 2250. The Morgan fingerprint density at radius 1 is 0.889 bits per heavy atom. The predicted molar refractivity (Wildman–Crippen MR) is 275 cm³/mol. The van der Waals surface area contributed by atoms with Crippen molar-refractivity contribution >= 4 is 57.1 Å². The second-order valence-electron chi connectivity index (χ2n) is 20.6. The zero-order valence-corrected chi connectivity index (χ0v) is 44.6. The van der Waals surface area contributed by atoms with E-state index in [9.17, 15) is 37.5 Å². The minimum absolute atomic E-state index is 0.0531. The zero-order valence-electron chi connectivity index (χ0n) is 43.0. The number of fused-ring (bicyclic) bond motifs is 18. The van der Waals surface area contributed by atoms with Gasteiger partial charge in [0, 0.05) is 55.1 Å². The quantitative estimate of drug-likeness (QED) is 0.0522. The van der Waals surface area contributed by atoms with Gasteiger partial charge in [-0.15, -0.1) is 10.2 Å². The molecule has 0 radical (unpaired) electrons. The molecule has 1 aliphatic carbocycles. The average molecular weight is 1040 g/mol. The van der Waals surface area contributed by atoms with Crippen molar-refractivity contribution in [2.24, 2.45) is 17.8 Å². The fraction of sp³-hybridized carbons (Fsp3) is 0.654. The van der Waals surface area contributed by atoms with Gasteiger partial charge in [-0.1, -0.05) is 106 Å². The Morgan fingerprint density at radius 2 is 1.56 bits per heavy atom. The highest BCUT2D eigenvalue weighted by molar-refractivity contribution is 8.77. The average Bonchev–Trinajstić information content (AvgIpc) is 3.84. The first-order valence-corrected chi connectivity index (χ1v) is 28.1. The van der Waals surface area contributed by atoms with E-state index in [1.54, 1.807) is 40.7 Å². The van der Waals surface area contributed by atoms with E-state index >= 15 is 0 Å². The first-order chi connectivity index (χ1) is 34.2. The molecule has 72 heavy (non-hydrogen) atoms. The molecule has 20 heteroatoms.